The summed E-state index contributed by atoms with van der Waals surface area (Å²) in [6.45, 7) is 1.58. The topological polar surface area (TPSA) is 57.7 Å². The largest absolute Gasteiger partial charge is 0.308 e. The van der Waals surface area contributed by atoms with Crippen molar-refractivity contribution in [3.05, 3.63) is 92.9 Å². The van der Waals surface area contributed by atoms with Crippen molar-refractivity contribution >= 4 is 56.4 Å². The summed E-state index contributed by atoms with van der Waals surface area (Å²) in [6, 6.07) is 18.4. The molecular formula is C24H21Cl3N2O3S. The molecular weight excluding hydrogens is 503 g/mol. The molecule has 1 aliphatic rings. The fourth-order valence-electron chi connectivity index (χ4n) is 4.00. The normalized spacial score (nSPS) is 15.7. The Balaban J connectivity index is 1.68. The van der Waals surface area contributed by atoms with E-state index in [4.69, 9.17) is 34.8 Å². The Morgan fingerprint density at radius 1 is 1.00 bits per heavy atom. The van der Waals surface area contributed by atoms with Gasteiger partial charge in [0, 0.05) is 23.3 Å². The van der Waals surface area contributed by atoms with E-state index < -0.39 is 10.0 Å². The van der Waals surface area contributed by atoms with Gasteiger partial charge in [0.2, 0.25) is 15.9 Å². The minimum atomic E-state index is -4.01. The first-order chi connectivity index (χ1) is 15.7. The number of benzene rings is 3. The Morgan fingerprint density at radius 3 is 2.39 bits per heavy atom. The number of anilines is 1. The molecule has 0 spiro atoms. The number of halogens is 3. The highest BCUT2D eigenvalue weighted by Crippen LogP contribution is 2.32. The third-order valence-electron chi connectivity index (χ3n) is 5.58. The quantitative estimate of drug-likeness (QED) is 0.409. The fourth-order valence-corrected chi connectivity index (χ4v) is 5.82. The number of fused-ring (bicyclic) bond motifs is 1. The zero-order valence-corrected chi connectivity index (χ0v) is 20.8. The standard InChI is InChI=1S/C24H21Cl3N2O3S/c1-16-12-18-4-2-3-5-23(18)29(16)24(30)15-28(14-17-6-11-21(26)22(27)13-17)33(31,32)20-9-7-19(25)8-10-20/h2-11,13,16H,12,14-15H2,1H3/t16-/m0/s1. The summed E-state index contributed by atoms with van der Waals surface area (Å²) in [5, 5.41) is 1.10. The molecule has 1 heterocycles. The lowest BCUT2D eigenvalue weighted by Gasteiger charge is -2.27. The van der Waals surface area contributed by atoms with Gasteiger partial charge in [-0.05, 0) is 66.9 Å². The molecule has 0 radical (unpaired) electrons. The minimum Gasteiger partial charge on any atom is -0.308 e. The first-order valence-electron chi connectivity index (χ1n) is 10.3. The van der Waals surface area contributed by atoms with Crippen LogP contribution in [0, 0.1) is 0 Å². The highest BCUT2D eigenvalue weighted by Gasteiger charge is 2.34. The minimum absolute atomic E-state index is 0.0442. The fraction of sp³-hybridized carbons (Fsp3) is 0.208. The second kappa shape index (κ2) is 9.65. The Kier molecular flexibility index (Phi) is 7.03. The molecule has 0 bridgehead atoms. The Hall–Kier alpha value is -2.09. The van der Waals surface area contributed by atoms with Crippen LogP contribution in [0.15, 0.2) is 71.6 Å². The summed E-state index contributed by atoms with van der Waals surface area (Å²) in [5.41, 5.74) is 2.49. The van der Waals surface area contributed by atoms with Crippen molar-refractivity contribution < 1.29 is 13.2 Å². The van der Waals surface area contributed by atoms with Gasteiger partial charge in [-0.1, -0.05) is 59.1 Å². The van der Waals surface area contributed by atoms with Crippen LogP contribution in [-0.4, -0.2) is 31.2 Å². The van der Waals surface area contributed by atoms with Crippen molar-refractivity contribution in [1.82, 2.24) is 4.31 Å². The molecule has 0 saturated heterocycles. The molecule has 4 rings (SSSR count). The van der Waals surface area contributed by atoms with Crippen molar-refractivity contribution in [3.63, 3.8) is 0 Å². The summed E-state index contributed by atoms with van der Waals surface area (Å²) in [6.07, 6.45) is 0.721. The van der Waals surface area contributed by atoms with Crippen molar-refractivity contribution in [2.24, 2.45) is 0 Å². The SMILES string of the molecule is C[C@H]1Cc2ccccc2N1C(=O)CN(Cc1ccc(Cl)c(Cl)c1)S(=O)(=O)c1ccc(Cl)cc1. The number of carbonyl (C=O) groups is 1. The van der Waals surface area contributed by atoms with Gasteiger partial charge in [-0.15, -0.1) is 0 Å². The monoisotopic (exact) mass is 522 g/mol. The Labute approximate surface area is 208 Å². The van der Waals surface area contributed by atoms with E-state index in [0.29, 0.717) is 20.6 Å². The van der Waals surface area contributed by atoms with Crippen LogP contribution in [0.25, 0.3) is 0 Å². The van der Waals surface area contributed by atoms with Gasteiger partial charge in [0.25, 0.3) is 0 Å². The van der Waals surface area contributed by atoms with Gasteiger partial charge in [-0.3, -0.25) is 4.79 Å². The lowest BCUT2D eigenvalue weighted by atomic mass is 10.1. The van der Waals surface area contributed by atoms with Gasteiger partial charge in [0.05, 0.1) is 21.5 Å². The molecule has 172 valence electrons. The van der Waals surface area contributed by atoms with E-state index in [0.717, 1.165) is 22.0 Å². The smallest absolute Gasteiger partial charge is 0.243 e. The molecule has 1 atom stereocenters. The number of hydrogen-bond donors (Lipinski definition) is 0. The molecule has 0 N–H and O–H groups in total. The highest BCUT2D eigenvalue weighted by molar-refractivity contribution is 7.89. The van der Waals surface area contributed by atoms with Crippen LogP contribution in [0.5, 0.6) is 0 Å². The van der Waals surface area contributed by atoms with E-state index in [1.165, 1.54) is 24.3 Å². The summed E-state index contributed by atoms with van der Waals surface area (Å²) >= 11 is 18.1. The number of para-hydroxylation sites is 1. The van der Waals surface area contributed by atoms with Crippen LogP contribution < -0.4 is 4.90 Å². The molecule has 5 nitrogen and oxygen atoms in total. The number of carbonyl (C=O) groups excluding carboxylic acids is 1. The molecule has 3 aromatic carbocycles. The van der Waals surface area contributed by atoms with Gasteiger partial charge in [0.15, 0.2) is 0 Å². The van der Waals surface area contributed by atoms with Crippen molar-refractivity contribution in [2.45, 2.75) is 30.8 Å². The van der Waals surface area contributed by atoms with E-state index in [1.54, 1.807) is 23.1 Å². The summed E-state index contributed by atoms with van der Waals surface area (Å²) in [5.74, 6) is -0.301. The predicted molar refractivity (Wildman–Crippen MR) is 133 cm³/mol. The van der Waals surface area contributed by atoms with E-state index in [2.05, 4.69) is 0 Å². The maximum Gasteiger partial charge on any atom is 0.243 e. The zero-order valence-electron chi connectivity index (χ0n) is 17.7. The Morgan fingerprint density at radius 2 is 1.70 bits per heavy atom. The molecule has 3 aromatic rings. The third kappa shape index (κ3) is 5.05. The lowest BCUT2D eigenvalue weighted by molar-refractivity contribution is -0.119. The van der Waals surface area contributed by atoms with Crippen LogP contribution in [0.1, 0.15) is 18.1 Å². The molecule has 1 aliphatic heterocycles. The number of hydrogen-bond acceptors (Lipinski definition) is 3. The van der Waals surface area contributed by atoms with Crippen LogP contribution in [0.3, 0.4) is 0 Å². The molecule has 0 fully saturated rings. The van der Waals surface area contributed by atoms with E-state index in [9.17, 15) is 13.2 Å². The summed E-state index contributed by atoms with van der Waals surface area (Å²) in [7, 11) is -4.01. The average molecular weight is 524 g/mol. The summed E-state index contributed by atoms with van der Waals surface area (Å²) in [4.78, 5) is 15.1. The maximum atomic E-state index is 13.5. The molecule has 33 heavy (non-hydrogen) atoms. The van der Waals surface area contributed by atoms with Crippen molar-refractivity contribution in [3.8, 4) is 0 Å². The summed E-state index contributed by atoms with van der Waals surface area (Å²) < 4.78 is 28.2. The number of nitrogens with zero attached hydrogens (tertiary/aromatic N) is 2. The average Bonchev–Trinajstić information content (AvgIpc) is 3.11. The molecule has 9 heteroatoms. The first-order valence-corrected chi connectivity index (χ1v) is 12.8. The lowest BCUT2D eigenvalue weighted by Crippen LogP contribution is -2.44. The van der Waals surface area contributed by atoms with Crippen LogP contribution >= 0.6 is 34.8 Å². The Bertz CT molecular complexity index is 1300. The van der Waals surface area contributed by atoms with Crippen LogP contribution in [-0.2, 0) is 27.8 Å². The zero-order chi connectivity index (χ0) is 23.8. The molecule has 0 aromatic heterocycles. The maximum absolute atomic E-state index is 13.5. The van der Waals surface area contributed by atoms with E-state index >= 15 is 0 Å². The van der Waals surface area contributed by atoms with E-state index in [-0.39, 0.29) is 29.9 Å². The molecule has 0 aliphatic carbocycles. The van der Waals surface area contributed by atoms with Gasteiger partial charge in [-0.25, -0.2) is 8.42 Å². The predicted octanol–water partition coefficient (Wildman–Crippen LogP) is 5.82. The molecule has 0 saturated carbocycles. The van der Waals surface area contributed by atoms with Gasteiger partial charge < -0.3 is 4.90 Å². The second-order valence-corrected chi connectivity index (χ2v) is 11.1. The number of sulfonamides is 1. The second-order valence-electron chi connectivity index (χ2n) is 7.92. The van der Waals surface area contributed by atoms with Gasteiger partial charge in [-0.2, -0.15) is 4.31 Å². The van der Waals surface area contributed by atoms with Crippen LogP contribution in [0.4, 0.5) is 5.69 Å². The highest BCUT2D eigenvalue weighted by atomic mass is 35.5. The van der Waals surface area contributed by atoms with Gasteiger partial charge >= 0.3 is 0 Å². The van der Waals surface area contributed by atoms with Gasteiger partial charge in [0.1, 0.15) is 0 Å². The number of amides is 1. The molecule has 0 unspecified atom stereocenters. The van der Waals surface area contributed by atoms with Crippen molar-refractivity contribution in [2.75, 3.05) is 11.4 Å². The van der Waals surface area contributed by atoms with E-state index in [1.807, 2.05) is 31.2 Å². The van der Waals surface area contributed by atoms with Crippen molar-refractivity contribution in [1.29, 1.82) is 0 Å². The first kappa shape index (κ1) is 24.0. The van der Waals surface area contributed by atoms with Crippen LogP contribution in [0.2, 0.25) is 15.1 Å². The number of rotatable bonds is 6. The molecule has 1 amide bonds. The third-order valence-corrected chi connectivity index (χ3v) is 8.38.